The molecule has 0 radical (unpaired) electrons. The molecule has 0 aromatic heterocycles. The smallest absolute Gasteiger partial charge is 0.0577 e. The van der Waals surface area contributed by atoms with Crippen LogP contribution in [0.4, 0.5) is 0 Å². The zero-order chi connectivity index (χ0) is 13.7. The minimum Gasteiger partial charge on any atom is -0.306 e. The summed E-state index contributed by atoms with van der Waals surface area (Å²) in [6.07, 6.45) is 1.11. The number of hydrogen-bond donors (Lipinski definition) is 1. The summed E-state index contributed by atoms with van der Waals surface area (Å²) in [5.74, 6) is 0. The molecule has 0 amide bonds. The van der Waals surface area contributed by atoms with E-state index in [-0.39, 0.29) is 6.04 Å². The third-order valence-electron chi connectivity index (χ3n) is 3.13. The Morgan fingerprint density at radius 1 is 1.05 bits per heavy atom. The summed E-state index contributed by atoms with van der Waals surface area (Å²) >= 11 is 6.19. The van der Waals surface area contributed by atoms with Crippen molar-refractivity contribution >= 4 is 11.6 Å². The predicted octanol–water partition coefficient (Wildman–Crippen LogP) is 4.74. The Kier molecular flexibility index (Phi) is 5.00. The highest BCUT2D eigenvalue weighted by atomic mass is 35.5. The van der Waals surface area contributed by atoms with E-state index < -0.39 is 0 Å². The van der Waals surface area contributed by atoms with Gasteiger partial charge in [0.15, 0.2) is 0 Å². The van der Waals surface area contributed by atoms with Crippen molar-refractivity contribution < 1.29 is 0 Å². The van der Waals surface area contributed by atoms with Gasteiger partial charge in [0.2, 0.25) is 0 Å². The predicted molar refractivity (Wildman–Crippen MR) is 82.8 cm³/mol. The number of aryl methyl sites for hydroxylation is 1. The van der Waals surface area contributed by atoms with Crippen LogP contribution in [-0.4, -0.2) is 6.54 Å². The fourth-order valence-corrected chi connectivity index (χ4v) is 2.59. The molecule has 2 heteroatoms. The second-order valence-electron chi connectivity index (χ2n) is 4.86. The molecule has 0 saturated heterocycles. The van der Waals surface area contributed by atoms with E-state index in [1.54, 1.807) is 0 Å². The lowest BCUT2D eigenvalue weighted by Crippen LogP contribution is -2.23. The fourth-order valence-electron chi connectivity index (χ4n) is 2.29. The minimum atomic E-state index is 0.207. The summed E-state index contributed by atoms with van der Waals surface area (Å²) in [5.41, 5.74) is 3.70. The average molecular weight is 274 g/mol. The molecule has 2 aromatic carbocycles. The Morgan fingerprint density at radius 3 is 2.42 bits per heavy atom. The van der Waals surface area contributed by atoms with Crippen LogP contribution in [0, 0.1) is 6.92 Å². The Bertz CT molecular complexity index is 502. The van der Waals surface area contributed by atoms with E-state index in [0.717, 1.165) is 18.0 Å². The first-order valence-electron chi connectivity index (χ1n) is 6.76. The maximum absolute atomic E-state index is 6.19. The highest BCUT2D eigenvalue weighted by molar-refractivity contribution is 6.30. The normalized spacial score (nSPS) is 12.4. The van der Waals surface area contributed by atoms with E-state index in [9.17, 15) is 0 Å². The van der Waals surface area contributed by atoms with Crippen molar-refractivity contribution in [1.82, 2.24) is 5.32 Å². The highest BCUT2D eigenvalue weighted by Crippen LogP contribution is 2.25. The van der Waals surface area contributed by atoms with Crippen LogP contribution in [0.5, 0.6) is 0 Å². The molecule has 0 aliphatic carbocycles. The van der Waals surface area contributed by atoms with E-state index in [1.807, 2.05) is 12.1 Å². The molecule has 0 heterocycles. The number of hydrogen-bond acceptors (Lipinski definition) is 1. The van der Waals surface area contributed by atoms with Gasteiger partial charge in [0.05, 0.1) is 6.04 Å². The number of halogens is 1. The van der Waals surface area contributed by atoms with E-state index in [4.69, 9.17) is 11.6 Å². The van der Waals surface area contributed by atoms with Crippen molar-refractivity contribution in [2.45, 2.75) is 26.3 Å². The zero-order valence-corrected chi connectivity index (χ0v) is 12.2. The second-order valence-corrected chi connectivity index (χ2v) is 5.30. The first-order valence-corrected chi connectivity index (χ1v) is 7.14. The summed E-state index contributed by atoms with van der Waals surface area (Å²) in [5, 5.41) is 4.40. The summed E-state index contributed by atoms with van der Waals surface area (Å²) in [6, 6.07) is 17.0. The Morgan fingerprint density at radius 2 is 1.79 bits per heavy atom. The molecule has 0 aliphatic heterocycles. The van der Waals surface area contributed by atoms with Gasteiger partial charge in [-0.3, -0.25) is 0 Å². The molecular formula is C17H20ClN. The van der Waals surface area contributed by atoms with Gasteiger partial charge in [0, 0.05) is 5.02 Å². The molecule has 19 heavy (non-hydrogen) atoms. The van der Waals surface area contributed by atoms with Crippen LogP contribution >= 0.6 is 11.6 Å². The maximum atomic E-state index is 6.19. The van der Waals surface area contributed by atoms with Crippen molar-refractivity contribution in [2.24, 2.45) is 0 Å². The van der Waals surface area contributed by atoms with E-state index in [1.165, 1.54) is 16.7 Å². The molecule has 0 aliphatic rings. The topological polar surface area (TPSA) is 12.0 Å². The summed E-state index contributed by atoms with van der Waals surface area (Å²) in [7, 11) is 0. The standard InChI is InChI=1S/C17H20ClN/c1-3-9-19-17(14-7-5-4-6-8-14)15-10-13(2)11-16(18)12-15/h4-8,10-12,17,19H,3,9H2,1-2H3. The monoisotopic (exact) mass is 273 g/mol. The molecule has 0 bridgehead atoms. The number of benzene rings is 2. The van der Waals surface area contributed by atoms with Crippen LogP contribution in [0.25, 0.3) is 0 Å². The number of rotatable bonds is 5. The van der Waals surface area contributed by atoms with Gasteiger partial charge in [-0.2, -0.15) is 0 Å². The van der Waals surface area contributed by atoms with E-state index in [0.29, 0.717) is 0 Å². The molecular weight excluding hydrogens is 254 g/mol. The number of nitrogens with one attached hydrogen (secondary N) is 1. The van der Waals surface area contributed by atoms with Gasteiger partial charge in [-0.15, -0.1) is 0 Å². The molecule has 2 rings (SSSR count). The summed E-state index contributed by atoms with van der Waals surface area (Å²) in [6.45, 7) is 5.25. The van der Waals surface area contributed by atoms with Gasteiger partial charge < -0.3 is 5.32 Å². The van der Waals surface area contributed by atoms with Gasteiger partial charge in [0.25, 0.3) is 0 Å². The van der Waals surface area contributed by atoms with Crippen LogP contribution in [0.1, 0.15) is 36.1 Å². The quantitative estimate of drug-likeness (QED) is 0.830. The Labute approximate surface area is 120 Å². The lowest BCUT2D eigenvalue weighted by atomic mass is 9.97. The minimum absolute atomic E-state index is 0.207. The van der Waals surface area contributed by atoms with Crippen molar-refractivity contribution in [2.75, 3.05) is 6.54 Å². The molecule has 0 spiro atoms. The molecule has 100 valence electrons. The molecule has 1 N–H and O–H groups in total. The third kappa shape index (κ3) is 3.82. The summed E-state index contributed by atoms with van der Waals surface area (Å²) < 4.78 is 0. The van der Waals surface area contributed by atoms with Gasteiger partial charge in [-0.05, 0) is 48.7 Å². The maximum Gasteiger partial charge on any atom is 0.0577 e. The van der Waals surface area contributed by atoms with Crippen LogP contribution in [0.15, 0.2) is 48.5 Å². The molecule has 1 nitrogen and oxygen atoms in total. The van der Waals surface area contributed by atoms with Crippen molar-refractivity contribution in [3.63, 3.8) is 0 Å². The Balaban J connectivity index is 2.36. The largest absolute Gasteiger partial charge is 0.306 e. The van der Waals surface area contributed by atoms with Gasteiger partial charge in [-0.25, -0.2) is 0 Å². The molecule has 1 unspecified atom stereocenters. The molecule has 0 saturated carbocycles. The van der Waals surface area contributed by atoms with Crippen molar-refractivity contribution in [3.05, 3.63) is 70.2 Å². The lowest BCUT2D eigenvalue weighted by molar-refractivity contribution is 0.598. The van der Waals surface area contributed by atoms with Crippen LogP contribution < -0.4 is 5.32 Å². The molecule has 0 fully saturated rings. The van der Waals surface area contributed by atoms with Crippen molar-refractivity contribution in [3.8, 4) is 0 Å². The van der Waals surface area contributed by atoms with Crippen LogP contribution in [-0.2, 0) is 0 Å². The van der Waals surface area contributed by atoms with Gasteiger partial charge in [0.1, 0.15) is 0 Å². The fraction of sp³-hybridized carbons (Fsp3) is 0.294. The average Bonchev–Trinajstić information content (AvgIpc) is 2.39. The van der Waals surface area contributed by atoms with Crippen LogP contribution in [0.2, 0.25) is 5.02 Å². The van der Waals surface area contributed by atoms with Crippen molar-refractivity contribution in [1.29, 1.82) is 0 Å². The SMILES string of the molecule is CCCNC(c1ccccc1)c1cc(C)cc(Cl)c1. The third-order valence-corrected chi connectivity index (χ3v) is 3.35. The summed E-state index contributed by atoms with van der Waals surface area (Å²) in [4.78, 5) is 0. The Hall–Kier alpha value is -1.31. The van der Waals surface area contributed by atoms with E-state index in [2.05, 4.69) is 55.6 Å². The first kappa shape index (κ1) is 14.1. The zero-order valence-electron chi connectivity index (χ0n) is 11.5. The second kappa shape index (κ2) is 6.74. The highest BCUT2D eigenvalue weighted by Gasteiger charge is 2.13. The lowest BCUT2D eigenvalue weighted by Gasteiger charge is -2.20. The van der Waals surface area contributed by atoms with Crippen LogP contribution in [0.3, 0.4) is 0 Å². The van der Waals surface area contributed by atoms with Gasteiger partial charge >= 0.3 is 0 Å². The molecule has 1 atom stereocenters. The van der Waals surface area contributed by atoms with Gasteiger partial charge in [-0.1, -0.05) is 54.9 Å². The molecule has 2 aromatic rings. The van der Waals surface area contributed by atoms with E-state index >= 15 is 0 Å². The first-order chi connectivity index (χ1) is 9.20.